The van der Waals surface area contributed by atoms with Gasteiger partial charge in [-0.15, -0.1) is 0 Å². The van der Waals surface area contributed by atoms with Crippen LogP contribution in [0.15, 0.2) is 48.7 Å². The maximum absolute atomic E-state index is 12.8. The number of esters is 2. The second-order valence-electron chi connectivity index (χ2n) is 15.6. The van der Waals surface area contributed by atoms with E-state index in [1.807, 2.05) is 24.4 Å². The van der Waals surface area contributed by atoms with Gasteiger partial charge in [0.25, 0.3) is 13.6 Å². The van der Waals surface area contributed by atoms with E-state index in [2.05, 4.69) is 47.6 Å². The largest absolute Gasteiger partial charge is 0.756 e. The third-order valence-electron chi connectivity index (χ3n) is 10.4. The molecular weight excluding hydrogens is 739 g/mol. The molecule has 0 N–H and O–H groups in total. The third kappa shape index (κ3) is 27.7. The molecule has 57 heavy (non-hydrogen) atoms. The van der Waals surface area contributed by atoms with Crippen LogP contribution in [-0.2, 0) is 39.2 Å². The van der Waals surface area contributed by atoms with E-state index >= 15 is 0 Å². The number of rotatable bonds is 38. The molecule has 0 saturated heterocycles. The lowest BCUT2D eigenvalue weighted by Crippen LogP contribution is -2.31. The van der Waals surface area contributed by atoms with Crippen LogP contribution in [0.25, 0.3) is 0 Å². The highest BCUT2D eigenvalue weighted by Crippen LogP contribution is 2.38. The minimum atomic E-state index is -4.70. The molecule has 0 radical (unpaired) electrons. The number of carbonyl (C=O) groups is 2. The number of aromatic nitrogens is 1. The van der Waals surface area contributed by atoms with Crippen LogP contribution in [0.3, 0.4) is 0 Å². The van der Waals surface area contributed by atoms with Gasteiger partial charge in [-0.05, 0) is 51.0 Å². The zero-order valence-corrected chi connectivity index (χ0v) is 36.8. The number of hydrogen-bond donors (Lipinski definition) is 0. The molecule has 0 bridgehead atoms. The van der Waals surface area contributed by atoms with Crippen molar-refractivity contribution in [2.75, 3.05) is 37.8 Å². The van der Waals surface area contributed by atoms with Crippen molar-refractivity contribution in [3.8, 4) is 0 Å². The first-order chi connectivity index (χ1) is 27.8. The summed E-state index contributed by atoms with van der Waals surface area (Å²) in [5, 5.41) is 0. The quantitative estimate of drug-likeness (QED) is 0.0211. The highest BCUT2D eigenvalue weighted by Gasteiger charge is 2.27. The van der Waals surface area contributed by atoms with Crippen molar-refractivity contribution in [2.24, 2.45) is 0 Å². The number of phosphoric ester groups is 1. The van der Waals surface area contributed by atoms with Crippen molar-refractivity contribution >= 4 is 25.6 Å². The fourth-order valence-electron chi connectivity index (χ4n) is 6.97. The summed E-state index contributed by atoms with van der Waals surface area (Å²) in [6.45, 7) is 5.60. The van der Waals surface area contributed by atoms with Crippen molar-refractivity contribution < 1.29 is 42.1 Å². The van der Waals surface area contributed by atoms with E-state index in [-0.39, 0.29) is 26.1 Å². The molecule has 0 fully saturated rings. The van der Waals surface area contributed by atoms with Gasteiger partial charge in [0.15, 0.2) is 6.10 Å². The average Bonchev–Trinajstić information content (AvgIpc) is 3.62. The summed E-state index contributed by atoms with van der Waals surface area (Å²) in [7, 11) is -4.70. The van der Waals surface area contributed by atoms with Crippen molar-refractivity contribution in [1.82, 2.24) is 0 Å². The molecular formula is C46H79N2O8P. The first-order valence-corrected chi connectivity index (χ1v) is 24.3. The number of ether oxygens (including phenoxy) is 2. The second kappa shape index (κ2) is 34.4. The Hall–Kier alpha value is -2.52. The van der Waals surface area contributed by atoms with Gasteiger partial charge in [0.1, 0.15) is 26.2 Å². The van der Waals surface area contributed by atoms with Crippen LogP contribution in [-0.4, -0.2) is 51.0 Å². The Morgan fingerprint density at radius 1 is 0.719 bits per heavy atom. The van der Waals surface area contributed by atoms with E-state index in [1.165, 1.54) is 83.5 Å². The number of hydrogen-bond acceptors (Lipinski definition) is 9. The minimum Gasteiger partial charge on any atom is -0.756 e. The topological polar surface area (TPSA) is 118 Å². The molecule has 1 aromatic heterocycles. The van der Waals surface area contributed by atoms with Crippen LogP contribution >= 0.6 is 7.82 Å². The maximum Gasteiger partial charge on any atom is 0.306 e. The summed E-state index contributed by atoms with van der Waals surface area (Å²) < 4.78 is 36.1. The SMILES string of the molecule is CCCCC/C=C\C/C=C\CCCCCCCC(=O)OCC(COP(=O)([O-])OCCN1CC[n+]2ccccc21)OC(=O)CCCCCCCCCCCCCCC. The number of phosphoric acid groups is 1. The summed E-state index contributed by atoms with van der Waals surface area (Å²) >= 11 is 0. The van der Waals surface area contributed by atoms with E-state index in [4.69, 9.17) is 18.5 Å². The fourth-order valence-corrected chi connectivity index (χ4v) is 7.70. The number of carbonyl (C=O) groups excluding carboxylic acids is 2. The predicted molar refractivity (Wildman–Crippen MR) is 229 cm³/mol. The molecule has 1 aliphatic heterocycles. The van der Waals surface area contributed by atoms with E-state index in [1.54, 1.807) is 0 Å². The lowest BCUT2D eigenvalue weighted by Gasteiger charge is -2.26. The summed E-state index contributed by atoms with van der Waals surface area (Å²) in [6.07, 6.45) is 38.1. The van der Waals surface area contributed by atoms with Gasteiger partial charge < -0.3 is 23.4 Å². The molecule has 2 heterocycles. The normalized spacial score (nSPS) is 14.3. The van der Waals surface area contributed by atoms with Crippen molar-refractivity contribution in [3.05, 3.63) is 48.7 Å². The van der Waals surface area contributed by atoms with Crippen LogP contribution in [0.5, 0.6) is 0 Å². The predicted octanol–water partition coefficient (Wildman–Crippen LogP) is 11.0. The van der Waals surface area contributed by atoms with Gasteiger partial charge in [-0.1, -0.05) is 153 Å². The van der Waals surface area contributed by atoms with Gasteiger partial charge in [-0.2, -0.15) is 0 Å². The summed E-state index contributed by atoms with van der Waals surface area (Å²) in [6, 6.07) is 5.88. The Labute approximate surface area is 346 Å². The van der Waals surface area contributed by atoms with Gasteiger partial charge in [-0.3, -0.25) is 19.1 Å². The smallest absolute Gasteiger partial charge is 0.306 e. The zero-order valence-electron chi connectivity index (χ0n) is 35.9. The molecule has 10 nitrogen and oxygen atoms in total. The lowest BCUT2D eigenvalue weighted by atomic mass is 10.0. The Morgan fingerprint density at radius 3 is 1.89 bits per heavy atom. The van der Waals surface area contributed by atoms with E-state index in [0.29, 0.717) is 19.4 Å². The molecule has 0 aromatic carbocycles. The van der Waals surface area contributed by atoms with Crippen LogP contribution < -0.4 is 14.4 Å². The van der Waals surface area contributed by atoms with Gasteiger partial charge >= 0.3 is 11.9 Å². The van der Waals surface area contributed by atoms with Crippen molar-refractivity contribution in [1.29, 1.82) is 0 Å². The highest BCUT2D eigenvalue weighted by molar-refractivity contribution is 7.45. The highest BCUT2D eigenvalue weighted by atomic mass is 31.2. The fraction of sp³-hybridized carbons (Fsp3) is 0.761. The van der Waals surface area contributed by atoms with Crippen LogP contribution in [0, 0.1) is 0 Å². The van der Waals surface area contributed by atoms with Gasteiger partial charge in [-0.25, -0.2) is 4.57 Å². The standard InChI is InChI=1S/C46H79N2O8P/c1-3-5-7-9-11-13-15-17-18-20-21-23-25-27-29-34-45(49)53-41-43(56-46(50)35-30-28-26-24-22-19-16-14-12-10-8-6-4-2)42-55-57(51,52)54-40-39-48-38-37-47-36-32-31-33-44(47)48/h11,13,17-18,31-33,36,43H,3-10,12,14-16,19-30,34-35,37-42H2,1-2H3/b13-11-,18-17-. The second-order valence-corrected chi connectivity index (χ2v) is 17.0. The average molecular weight is 819 g/mol. The first kappa shape index (κ1) is 50.6. The molecule has 0 spiro atoms. The number of unbranched alkanes of at least 4 members (excludes halogenated alkanes) is 20. The summed E-state index contributed by atoms with van der Waals surface area (Å²) in [4.78, 5) is 40.0. The van der Waals surface area contributed by atoms with E-state index < -0.39 is 32.5 Å². The minimum absolute atomic E-state index is 0.0816. The first-order valence-electron chi connectivity index (χ1n) is 22.8. The number of allylic oxidation sites excluding steroid dienone is 4. The van der Waals surface area contributed by atoms with Crippen molar-refractivity contribution in [3.63, 3.8) is 0 Å². The molecule has 0 aliphatic carbocycles. The lowest BCUT2D eigenvalue weighted by molar-refractivity contribution is -0.670. The molecule has 0 amide bonds. The number of nitrogens with zero attached hydrogens (tertiary/aromatic N) is 2. The number of anilines is 1. The van der Waals surface area contributed by atoms with Crippen LogP contribution in [0.2, 0.25) is 0 Å². The Kier molecular flexibility index (Phi) is 30.5. The van der Waals surface area contributed by atoms with E-state index in [9.17, 15) is 19.0 Å². The van der Waals surface area contributed by atoms with Gasteiger partial charge in [0.2, 0.25) is 0 Å². The molecule has 326 valence electrons. The monoisotopic (exact) mass is 819 g/mol. The molecule has 11 heteroatoms. The van der Waals surface area contributed by atoms with Crippen molar-refractivity contribution in [2.45, 2.75) is 193 Å². The van der Waals surface area contributed by atoms with Crippen LogP contribution in [0.1, 0.15) is 181 Å². The zero-order chi connectivity index (χ0) is 41.1. The van der Waals surface area contributed by atoms with E-state index in [0.717, 1.165) is 76.7 Å². The molecule has 2 unspecified atom stereocenters. The molecule has 1 aromatic rings. The Bertz CT molecular complexity index is 1270. The number of pyridine rings is 1. The summed E-state index contributed by atoms with van der Waals surface area (Å²) in [5.41, 5.74) is 0. The van der Waals surface area contributed by atoms with Gasteiger partial charge in [0.05, 0.1) is 19.4 Å². The van der Waals surface area contributed by atoms with Crippen LogP contribution in [0.4, 0.5) is 5.82 Å². The Morgan fingerprint density at radius 2 is 1.26 bits per heavy atom. The molecule has 2 atom stereocenters. The third-order valence-corrected chi connectivity index (χ3v) is 11.4. The summed E-state index contributed by atoms with van der Waals surface area (Å²) in [5.74, 6) is 0.145. The molecule has 1 aliphatic rings. The molecule has 2 rings (SSSR count). The number of fused-ring (bicyclic) bond motifs is 1. The maximum atomic E-state index is 12.8. The van der Waals surface area contributed by atoms with Gasteiger partial charge in [0, 0.05) is 18.9 Å². The molecule has 0 saturated carbocycles. The Balaban J connectivity index is 1.67.